The van der Waals surface area contributed by atoms with Crippen LogP contribution in [-0.2, 0) is 4.18 Å². The van der Waals surface area contributed by atoms with E-state index in [4.69, 9.17) is 0 Å². The van der Waals surface area contributed by atoms with E-state index >= 15 is 0 Å². The molecule has 2 heterocycles. The van der Waals surface area contributed by atoms with Crippen LogP contribution >= 0.6 is 12.4 Å². The Morgan fingerprint density at radius 2 is 1.89 bits per heavy atom. The molecule has 2 aromatic heterocycles. The number of aromatic nitrogens is 3. The maximum atomic E-state index is 12.3. The zero-order valence-corrected chi connectivity index (χ0v) is 15.8. The molecule has 1 N–H and O–H groups in total. The minimum absolute atomic E-state index is 0.193. The number of rotatable bonds is 5. The summed E-state index contributed by atoms with van der Waals surface area (Å²) in [5.74, 6) is -0.822. The zero-order valence-electron chi connectivity index (χ0n) is 15.0. The molecule has 0 saturated heterocycles. The Labute approximate surface area is 164 Å². The summed E-state index contributed by atoms with van der Waals surface area (Å²) in [5.41, 5.74) is 3.43. The molecule has 28 heavy (non-hydrogen) atoms. The van der Waals surface area contributed by atoms with Gasteiger partial charge in [0.05, 0.1) is 23.7 Å². The van der Waals surface area contributed by atoms with Crippen LogP contribution in [0.5, 0.6) is 0 Å². The van der Waals surface area contributed by atoms with Crippen LogP contribution < -0.4 is 5.32 Å². The van der Waals surface area contributed by atoms with Gasteiger partial charge in [0.25, 0.3) is 18.3 Å². The van der Waals surface area contributed by atoms with Gasteiger partial charge >= 0.3 is 5.97 Å². The molecule has 0 fully saturated rings. The van der Waals surface area contributed by atoms with E-state index in [-0.39, 0.29) is 17.3 Å². The number of amides is 1. The Kier molecular flexibility index (Phi) is 5.95. The first kappa shape index (κ1) is 19.4. The smallest absolute Gasteiger partial charge is 0.352 e. The Morgan fingerprint density at radius 1 is 1.07 bits per heavy atom. The zero-order chi connectivity index (χ0) is 20.1. The van der Waals surface area contributed by atoms with Crippen LogP contribution in [0.4, 0.5) is 9.70 Å². The van der Waals surface area contributed by atoms with Gasteiger partial charge in [0.1, 0.15) is 0 Å². The number of nitrogens with zero attached hydrogens (tertiary/aromatic N) is 3. The number of anilines is 1. The summed E-state index contributed by atoms with van der Waals surface area (Å²) in [6, 6.07) is 6.42. The molecule has 0 saturated carbocycles. The van der Waals surface area contributed by atoms with Gasteiger partial charge in [-0.3, -0.25) is 14.8 Å². The second kappa shape index (κ2) is 8.57. The van der Waals surface area contributed by atoms with Crippen molar-refractivity contribution >= 4 is 30.1 Å². The van der Waals surface area contributed by atoms with Gasteiger partial charge in [-0.25, -0.2) is 9.78 Å². The molecule has 0 bridgehead atoms. The maximum absolute atomic E-state index is 12.3. The molecule has 1 aromatic carbocycles. The second-order valence-corrected chi connectivity index (χ2v) is 6.19. The molecule has 0 aliphatic rings. The second-order valence-electron chi connectivity index (χ2n) is 5.90. The maximum Gasteiger partial charge on any atom is 0.352 e. The predicted molar refractivity (Wildman–Crippen MR) is 103 cm³/mol. The lowest BCUT2D eigenvalue weighted by Crippen LogP contribution is -2.14. The summed E-state index contributed by atoms with van der Waals surface area (Å²) in [7, 11) is 0. The fraction of sp³-hybridized carbons (Fsp3) is 0.105. The number of aryl methyl sites for hydroxylation is 2. The van der Waals surface area contributed by atoms with E-state index in [9.17, 15) is 13.5 Å². The summed E-state index contributed by atoms with van der Waals surface area (Å²) in [5, 5.41) is 2.68. The largest absolute Gasteiger partial charge is 0.357 e. The molecule has 7 nitrogen and oxygen atoms in total. The van der Waals surface area contributed by atoms with Gasteiger partial charge in [0.2, 0.25) is 0 Å². The van der Waals surface area contributed by atoms with Crippen LogP contribution in [0.3, 0.4) is 0 Å². The van der Waals surface area contributed by atoms with Gasteiger partial charge in [0, 0.05) is 23.5 Å². The number of hydrogen-bond donors (Lipinski definition) is 1. The van der Waals surface area contributed by atoms with Crippen molar-refractivity contribution in [3.63, 3.8) is 0 Å². The van der Waals surface area contributed by atoms with Crippen LogP contribution in [-0.4, -0.2) is 26.8 Å². The SMILES string of the molecule is Cc1cnccc1C(=O)Nc1cnc(-c2cc(C(=O)OSF)ccc2C)cn1. The van der Waals surface area contributed by atoms with Gasteiger partial charge in [0.15, 0.2) is 5.82 Å². The topological polar surface area (TPSA) is 94.1 Å². The van der Waals surface area contributed by atoms with Crippen molar-refractivity contribution in [1.29, 1.82) is 0 Å². The first-order valence-electron chi connectivity index (χ1n) is 8.14. The lowest BCUT2D eigenvalue weighted by Gasteiger charge is -2.09. The van der Waals surface area contributed by atoms with Crippen molar-refractivity contribution < 1.29 is 17.7 Å². The quantitative estimate of drug-likeness (QED) is 0.647. The molecule has 0 spiro atoms. The van der Waals surface area contributed by atoms with Crippen molar-refractivity contribution in [3.05, 3.63) is 71.3 Å². The van der Waals surface area contributed by atoms with Gasteiger partial charge in [-0.15, -0.1) is 3.89 Å². The Balaban J connectivity index is 1.81. The van der Waals surface area contributed by atoms with Crippen molar-refractivity contribution in [3.8, 4) is 11.3 Å². The molecule has 0 aliphatic heterocycles. The normalized spacial score (nSPS) is 10.4. The Bertz CT molecular complexity index is 1030. The standard InChI is InChI=1S/C19H15FN4O3S/c1-11-3-4-13(19(26)27-28-20)7-15(11)16-9-23-17(10-22-16)24-18(25)14-5-6-21-8-12(14)2/h3-10H,1-2H3,(H,23,24,25). The molecule has 3 aromatic rings. The van der Waals surface area contributed by atoms with Crippen LogP contribution in [0.2, 0.25) is 0 Å². The molecular weight excluding hydrogens is 383 g/mol. The summed E-state index contributed by atoms with van der Waals surface area (Å²) < 4.78 is 16.4. The first-order valence-corrected chi connectivity index (χ1v) is 8.78. The highest BCUT2D eigenvalue weighted by Gasteiger charge is 2.14. The third kappa shape index (κ3) is 4.32. The van der Waals surface area contributed by atoms with Crippen molar-refractivity contribution in [1.82, 2.24) is 15.0 Å². The highest BCUT2D eigenvalue weighted by Crippen LogP contribution is 2.24. The number of halogens is 1. The number of benzene rings is 1. The van der Waals surface area contributed by atoms with E-state index in [0.717, 1.165) is 11.1 Å². The van der Waals surface area contributed by atoms with Crippen LogP contribution in [0, 0.1) is 13.8 Å². The number of pyridine rings is 1. The summed E-state index contributed by atoms with van der Waals surface area (Å²) in [6.07, 6.45) is 6.05. The van der Waals surface area contributed by atoms with E-state index in [1.165, 1.54) is 18.5 Å². The van der Waals surface area contributed by atoms with E-state index < -0.39 is 18.4 Å². The van der Waals surface area contributed by atoms with Gasteiger partial charge in [-0.2, -0.15) is 0 Å². The molecule has 0 atom stereocenters. The third-order valence-electron chi connectivity index (χ3n) is 4.01. The van der Waals surface area contributed by atoms with Crippen LogP contribution in [0.15, 0.2) is 49.1 Å². The predicted octanol–water partition coefficient (Wildman–Crippen LogP) is 4.10. The average molecular weight is 398 g/mol. The third-order valence-corrected chi connectivity index (χ3v) is 4.23. The lowest BCUT2D eigenvalue weighted by atomic mass is 10.0. The Morgan fingerprint density at radius 3 is 2.57 bits per heavy atom. The molecule has 0 aliphatic carbocycles. The minimum atomic E-state index is -0.793. The highest BCUT2D eigenvalue weighted by molar-refractivity contribution is 7.89. The lowest BCUT2D eigenvalue weighted by molar-refractivity contribution is 0.0762. The monoisotopic (exact) mass is 398 g/mol. The molecule has 142 valence electrons. The van der Waals surface area contributed by atoms with E-state index in [0.29, 0.717) is 16.8 Å². The molecule has 1 amide bonds. The molecular formula is C19H15FN4O3S. The molecule has 0 radical (unpaired) electrons. The summed E-state index contributed by atoms with van der Waals surface area (Å²) in [4.78, 5) is 36.5. The molecule has 3 rings (SSSR count). The summed E-state index contributed by atoms with van der Waals surface area (Å²) >= 11 is -0.504. The van der Waals surface area contributed by atoms with E-state index in [1.807, 2.05) is 6.92 Å². The van der Waals surface area contributed by atoms with Crippen LogP contribution in [0.1, 0.15) is 31.8 Å². The first-order chi connectivity index (χ1) is 13.5. The number of carbonyl (C=O) groups excluding carboxylic acids is 2. The minimum Gasteiger partial charge on any atom is -0.357 e. The fourth-order valence-corrected chi connectivity index (χ4v) is 2.70. The van der Waals surface area contributed by atoms with Crippen molar-refractivity contribution in [2.75, 3.05) is 5.32 Å². The number of hydrogen-bond acceptors (Lipinski definition) is 7. The van der Waals surface area contributed by atoms with Gasteiger partial charge in [-0.1, -0.05) is 6.07 Å². The van der Waals surface area contributed by atoms with Crippen molar-refractivity contribution in [2.24, 2.45) is 0 Å². The van der Waals surface area contributed by atoms with Crippen molar-refractivity contribution in [2.45, 2.75) is 13.8 Å². The Hall–Kier alpha value is -3.33. The molecule has 9 heteroatoms. The average Bonchev–Trinajstić information content (AvgIpc) is 2.69. The van der Waals surface area contributed by atoms with E-state index in [2.05, 4.69) is 24.5 Å². The van der Waals surface area contributed by atoms with E-state index in [1.54, 1.807) is 37.5 Å². The fourth-order valence-electron chi connectivity index (χ4n) is 2.55. The van der Waals surface area contributed by atoms with Gasteiger partial charge < -0.3 is 9.50 Å². The number of nitrogens with one attached hydrogen (secondary N) is 1. The highest BCUT2D eigenvalue weighted by atomic mass is 32.2. The van der Waals surface area contributed by atoms with Gasteiger partial charge in [-0.05, 0) is 43.2 Å². The summed E-state index contributed by atoms with van der Waals surface area (Å²) in [6.45, 7) is 3.64. The number of carbonyl (C=O) groups is 2. The van der Waals surface area contributed by atoms with Crippen LogP contribution in [0.25, 0.3) is 11.3 Å². The molecule has 0 unspecified atom stereocenters.